The number of aryl methyl sites for hydroxylation is 1. The Kier molecular flexibility index (Phi) is 5.37. The molecule has 0 aliphatic carbocycles. The van der Waals surface area contributed by atoms with Crippen molar-refractivity contribution in [3.8, 4) is 5.75 Å². The number of H-pyrrole nitrogens is 1. The minimum atomic E-state index is -0.834. The summed E-state index contributed by atoms with van der Waals surface area (Å²) in [6.07, 6.45) is 1.51. The van der Waals surface area contributed by atoms with E-state index in [0.29, 0.717) is 12.0 Å². The largest absolute Gasteiger partial charge is 0.496 e. The zero-order valence-electron chi connectivity index (χ0n) is 14.8. The smallest absolute Gasteiger partial charge is 0.306 e. The van der Waals surface area contributed by atoms with Crippen molar-refractivity contribution in [3.05, 3.63) is 65.9 Å². The average Bonchev–Trinajstić information content (AvgIpc) is 3.10. The van der Waals surface area contributed by atoms with E-state index >= 15 is 0 Å². The van der Waals surface area contributed by atoms with Crippen molar-refractivity contribution in [2.45, 2.75) is 25.9 Å². The minimum absolute atomic E-state index is 0.186. The standard InChI is InChI=1S/C21H21NO4/c1-14(21(24)17-13-22-18-9-5-4-8-16(17)18)26-20(23)12-11-15-7-3-6-10-19(15)25-2/h3-10,13-14,22H,11-12H2,1-2H3/t14-/m1/s1. The molecule has 0 saturated heterocycles. The maximum Gasteiger partial charge on any atom is 0.306 e. The fourth-order valence-corrected chi connectivity index (χ4v) is 2.95. The van der Waals surface area contributed by atoms with Crippen LogP contribution >= 0.6 is 0 Å². The average molecular weight is 351 g/mol. The van der Waals surface area contributed by atoms with Gasteiger partial charge in [0.15, 0.2) is 6.10 Å². The summed E-state index contributed by atoms with van der Waals surface area (Å²) < 4.78 is 10.6. The molecule has 0 saturated carbocycles. The van der Waals surface area contributed by atoms with Gasteiger partial charge < -0.3 is 14.5 Å². The van der Waals surface area contributed by atoms with Gasteiger partial charge in [-0.25, -0.2) is 0 Å². The highest BCUT2D eigenvalue weighted by molar-refractivity contribution is 6.10. The van der Waals surface area contributed by atoms with E-state index in [1.807, 2.05) is 48.5 Å². The Hall–Kier alpha value is -3.08. The Morgan fingerprint density at radius 1 is 1.08 bits per heavy atom. The molecular weight excluding hydrogens is 330 g/mol. The number of hydrogen-bond donors (Lipinski definition) is 1. The monoisotopic (exact) mass is 351 g/mol. The molecule has 0 fully saturated rings. The third-order valence-electron chi connectivity index (χ3n) is 4.32. The summed E-state index contributed by atoms with van der Waals surface area (Å²) in [7, 11) is 1.60. The number of ketones is 1. The van der Waals surface area contributed by atoms with E-state index in [1.54, 1.807) is 20.2 Å². The van der Waals surface area contributed by atoms with Crippen molar-refractivity contribution in [1.82, 2.24) is 4.98 Å². The van der Waals surface area contributed by atoms with Crippen molar-refractivity contribution < 1.29 is 19.1 Å². The van der Waals surface area contributed by atoms with Crippen molar-refractivity contribution >= 4 is 22.7 Å². The van der Waals surface area contributed by atoms with Gasteiger partial charge in [0.05, 0.1) is 7.11 Å². The fraction of sp³-hybridized carbons (Fsp3) is 0.238. The van der Waals surface area contributed by atoms with Gasteiger partial charge in [-0.1, -0.05) is 36.4 Å². The van der Waals surface area contributed by atoms with Gasteiger partial charge in [0.2, 0.25) is 5.78 Å². The highest BCUT2D eigenvalue weighted by Gasteiger charge is 2.22. The first-order chi connectivity index (χ1) is 12.6. The summed E-state index contributed by atoms with van der Waals surface area (Å²) in [6, 6.07) is 15.1. The van der Waals surface area contributed by atoms with Gasteiger partial charge in [-0.2, -0.15) is 0 Å². The maximum absolute atomic E-state index is 12.6. The number of carbonyl (C=O) groups is 2. The number of rotatable bonds is 7. The molecule has 0 amide bonds. The van der Waals surface area contributed by atoms with Gasteiger partial charge in [0, 0.05) is 29.1 Å². The molecule has 0 aliphatic rings. The molecule has 0 radical (unpaired) electrons. The van der Waals surface area contributed by atoms with E-state index in [1.165, 1.54) is 0 Å². The molecule has 3 rings (SSSR count). The number of Topliss-reactive ketones (excluding diaryl/α,β-unsaturated/α-hetero) is 1. The second-order valence-electron chi connectivity index (χ2n) is 6.06. The fourth-order valence-electron chi connectivity index (χ4n) is 2.95. The Balaban J connectivity index is 1.61. The zero-order chi connectivity index (χ0) is 18.5. The highest BCUT2D eigenvalue weighted by Crippen LogP contribution is 2.21. The second kappa shape index (κ2) is 7.87. The highest BCUT2D eigenvalue weighted by atomic mass is 16.5. The maximum atomic E-state index is 12.6. The van der Waals surface area contributed by atoms with Crippen LogP contribution in [0, 0.1) is 0 Å². The van der Waals surface area contributed by atoms with Gasteiger partial charge in [-0.15, -0.1) is 0 Å². The Labute approximate surface area is 151 Å². The number of carbonyl (C=O) groups excluding carboxylic acids is 2. The molecule has 0 spiro atoms. The third-order valence-corrected chi connectivity index (χ3v) is 4.32. The van der Waals surface area contributed by atoms with Crippen LogP contribution in [0.2, 0.25) is 0 Å². The molecule has 1 N–H and O–H groups in total. The van der Waals surface area contributed by atoms with Crippen LogP contribution in [0.25, 0.3) is 10.9 Å². The van der Waals surface area contributed by atoms with Gasteiger partial charge in [0.1, 0.15) is 5.75 Å². The van der Waals surface area contributed by atoms with Crippen molar-refractivity contribution in [3.63, 3.8) is 0 Å². The molecule has 5 heteroatoms. The summed E-state index contributed by atoms with van der Waals surface area (Å²) in [5.41, 5.74) is 2.35. The van der Waals surface area contributed by atoms with Crippen LogP contribution in [-0.2, 0) is 16.0 Å². The number of nitrogens with one attached hydrogen (secondary N) is 1. The van der Waals surface area contributed by atoms with Gasteiger partial charge in [-0.05, 0) is 31.0 Å². The van der Waals surface area contributed by atoms with Crippen molar-refractivity contribution in [2.75, 3.05) is 7.11 Å². The quantitative estimate of drug-likeness (QED) is 0.517. The van der Waals surface area contributed by atoms with E-state index in [2.05, 4.69) is 4.98 Å². The Morgan fingerprint density at radius 3 is 2.62 bits per heavy atom. The number of fused-ring (bicyclic) bond motifs is 1. The number of hydrogen-bond acceptors (Lipinski definition) is 4. The first-order valence-electron chi connectivity index (χ1n) is 8.52. The number of methoxy groups -OCH3 is 1. The summed E-state index contributed by atoms with van der Waals surface area (Å²) in [4.78, 5) is 27.8. The normalized spacial score (nSPS) is 11.9. The topological polar surface area (TPSA) is 68.4 Å². The molecule has 1 atom stereocenters. The van der Waals surface area contributed by atoms with Crippen LogP contribution in [0.4, 0.5) is 0 Å². The number of aromatic nitrogens is 1. The lowest BCUT2D eigenvalue weighted by Gasteiger charge is -2.12. The third kappa shape index (κ3) is 3.77. The van der Waals surface area contributed by atoms with Crippen molar-refractivity contribution in [1.29, 1.82) is 0 Å². The predicted octanol–water partition coefficient (Wildman–Crippen LogP) is 3.92. The van der Waals surface area contributed by atoms with E-state index < -0.39 is 12.1 Å². The molecule has 5 nitrogen and oxygen atoms in total. The lowest BCUT2D eigenvalue weighted by Crippen LogP contribution is -2.24. The number of ether oxygens (including phenoxy) is 2. The number of benzene rings is 2. The lowest BCUT2D eigenvalue weighted by molar-refractivity contribution is -0.146. The number of esters is 1. The number of aromatic amines is 1. The first-order valence-corrected chi connectivity index (χ1v) is 8.52. The summed E-state index contributed by atoms with van der Waals surface area (Å²) in [5.74, 6) is 0.118. The molecule has 3 aromatic rings. The SMILES string of the molecule is COc1ccccc1CCC(=O)O[C@H](C)C(=O)c1c[nH]c2ccccc12. The molecule has 26 heavy (non-hydrogen) atoms. The minimum Gasteiger partial charge on any atom is -0.496 e. The lowest BCUT2D eigenvalue weighted by atomic mass is 10.1. The zero-order valence-corrected chi connectivity index (χ0v) is 14.8. The van der Waals surface area contributed by atoms with Crippen LogP contribution in [0.5, 0.6) is 5.75 Å². The van der Waals surface area contributed by atoms with E-state index in [0.717, 1.165) is 22.2 Å². The molecule has 0 unspecified atom stereocenters. The van der Waals surface area contributed by atoms with E-state index in [4.69, 9.17) is 9.47 Å². The molecule has 134 valence electrons. The molecular formula is C21H21NO4. The van der Waals surface area contributed by atoms with Crippen LogP contribution in [0.15, 0.2) is 54.7 Å². The van der Waals surface area contributed by atoms with Crippen LogP contribution in [0.3, 0.4) is 0 Å². The Morgan fingerprint density at radius 2 is 1.81 bits per heavy atom. The second-order valence-corrected chi connectivity index (χ2v) is 6.06. The van der Waals surface area contributed by atoms with E-state index in [-0.39, 0.29) is 12.2 Å². The number of para-hydroxylation sites is 2. The van der Waals surface area contributed by atoms with Gasteiger partial charge in [-0.3, -0.25) is 9.59 Å². The van der Waals surface area contributed by atoms with Crippen LogP contribution < -0.4 is 4.74 Å². The van der Waals surface area contributed by atoms with E-state index in [9.17, 15) is 9.59 Å². The van der Waals surface area contributed by atoms with Gasteiger partial charge >= 0.3 is 5.97 Å². The van der Waals surface area contributed by atoms with Crippen LogP contribution in [-0.4, -0.2) is 30.0 Å². The molecule has 1 heterocycles. The molecule has 0 bridgehead atoms. The summed E-state index contributed by atoms with van der Waals surface area (Å²) >= 11 is 0. The molecule has 0 aliphatic heterocycles. The molecule has 2 aromatic carbocycles. The first kappa shape index (κ1) is 17.7. The summed E-state index contributed by atoms with van der Waals surface area (Å²) in [5, 5.41) is 0.828. The predicted molar refractivity (Wildman–Crippen MR) is 99.5 cm³/mol. The molecule has 1 aromatic heterocycles. The van der Waals surface area contributed by atoms with Crippen LogP contribution in [0.1, 0.15) is 29.3 Å². The Bertz CT molecular complexity index is 928. The van der Waals surface area contributed by atoms with Gasteiger partial charge in [0.25, 0.3) is 0 Å². The van der Waals surface area contributed by atoms with Crippen molar-refractivity contribution in [2.24, 2.45) is 0 Å². The summed E-state index contributed by atoms with van der Waals surface area (Å²) in [6.45, 7) is 1.60.